The smallest absolute Gasteiger partial charge is 0.229 e. The number of ketones is 3. The molecule has 4 fully saturated rings. The molecule has 12 nitrogen and oxygen atoms in total. The number of carbonyl (C=O) groups is 5. The van der Waals surface area contributed by atoms with Crippen molar-refractivity contribution in [1.29, 1.82) is 5.26 Å². The number of hydrogen-bond donors (Lipinski definition) is 1. The zero-order chi connectivity index (χ0) is 49.5. The van der Waals surface area contributed by atoms with Crippen LogP contribution in [-0.2, 0) is 16.0 Å². The van der Waals surface area contributed by atoms with Crippen LogP contribution in [0.25, 0.3) is 0 Å². The molecule has 3 aromatic rings. The van der Waals surface area contributed by atoms with Crippen LogP contribution in [-0.4, -0.2) is 84.0 Å². The summed E-state index contributed by atoms with van der Waals surface area (Å²) in [5, 5.41) is 12.0. The highest BCUT2D eigenvalue weighted by molar-refractivity contribution is 6.15. The first-order chi connectivity index (χ1) is 33.6. The number of rotatable bonds is 10. The normalized spacial score (nSPS) is 28.3. The summed E-state index contributed by atoms with van der Waals surface area (Å²) in [5.41, 5.74) is 3.72. The fourth-order valence-corrected chi connectivity index (χ4v) is 13.4. The zero-order valence-corrected chi connectivity index (χ0v) is 41.3. The molecule has 2 saturated heterocycles. The summed E-state index contributed by atoms with van der Waals surface area (Å²) in [6.07, 6.45) is 13.4. The Morgan fingerprint density at radius 3 is 2.24 bits per heavy atom. The zero-order valence-electron chi connectivity index (χ0n) is 41.3. The number of pyridine rings is 1. The van der Waals surface area contributed by atoms with E-state index in [1.54, 1.807) is 12.1 Å². The van der Waals surface area contributed by atoms with Gasteiger partial charge in [0.05, 0.1) is 17.9 Å². The monoisotopic (exact) mass is 943 g/mol. The van der Waals surface area contributed by atoms with Crippen molar-refractivity contribution in [3.8, 4) is 41.8 Å². The van der Waals surface area contributed by atoms with Crippen molar-refractivity contribution in [3.63, 3.8) is 0 Å². The molecule has 4 aliphatic carbocycles. The van der Waals surface area contributed by atoms with E-state index in [1.165, 1.54) is 0 Å². The Balaban J connectivity index is 0.776. The number of nitrogens with one attached hydrogen (secondary N) is 1. The van der Waals surface area contributed by atoms with Gasteiger partial charge in [0.1, 0.15) is 29.4 Å². The van der Waals surface area contributed by atoms with Gasteiger partial charge < -0.3 is 14.4 Å². The van der Waals surface area contributed by atoms with Crippen LogP contribution in [0, 0.1) is 81.9 Å². The van der Waals surface area contributed by atoms with E-state index < -0.39 is 11.8 Å². The first kappa shape index (κ1) is 48.7. The number of anilines is 1. The maximum absolute atomic E-state index is 14.7. The summed E-state index contributed by atoms with van der Waals surface area (Å²) in [7, 11) is 0. The van der Waals surface area contributed by atoms with E-state index >= 15 is 0 Å². The number of terminal acetylenes is 1. The minimum Gasteiger partial charge on any atom is -0.492 e. The molecule has 4 atom stereocenters. The number of ether oxygens (including phenoxy) is 2. The lowest BCUT2D eigenvalue weighted by molar-refractivity contribution is -0.216. The number of fused-ring (bicyclic) bond motifs is 2. The molecule has 2 aliphatic heterocycles. The van der Waals surface area contributed by atoms with E-state index in [2.05, 4.69) is 66.6 Å². The largest absolute Gasteiger partial charge is 0.492 e. The van der Waals surface area contributed by atoms with Gasteiger partial charge in [0, 0.05) is 114 Å². The van der Waals surface area contributed by atoms with E-state index in [0.717, 1.165) is 63.2 Å². The number of hydrogen-bond acceptors (Lipinski definition) is 11. The van der Waals surface area contributed by atoms with Crippen LogP contribution < -0.4 is 19.7 Å². The molecular weight excluding hydrogens is 879 g/mol. The van der Waals surface area contributed by atoms with Crippen molar-refractivity contribution in [2.24, 2.45) is 46.3 Å². The number of carbonyl (C=O) groups excluding carboxylic acids is 5. The number of aromatic nitrogens is 1. The standard InChI is InChI=1S/C58H65N5O7/c1-7-36-15-25-47-45(53(67)51(36)54-57(3,4)56(58(54,5)6)70-43-22-14-39(34-59)49(33-43)69-8-2)23-18-40(60-47)17-9-35-10-19-41(20-11-35)62-27-29-63(30-28-62)42-21-24-44-46(32-42)48(64)31-38(52(44)66)13-12-37-16-26-50(65)61-55(37)68/h1,14,18,21-24,32-33,35-38,41,51,54,56H,8,10-13,15-16,19-20,25-31H2,2-6H3,(H,61,65,68). The molecule has 6 aliphatic rings. The van der Waals surface area contributed by atoms with Crippen LogP contribution in [0.1, 0.15) is 147 Å². The molecule has 2 saturated carbocycles. The molecule has 1 aromatic heterocycles. The van der Waals surface area contributed by atoms with Crippen LogP contribution >= 0.6 is 0 Å². The fourth-order valence-electron chi connectivity index (χ4n) is 13.4. The number of aryl methyl sites for hydroxylation is 1. The minimum absolute atomic E-state index is 0.0264. The molecule has 70 heavy (non-hydrogen) atoms. The number of piperazine rings is 1. The molecule has 2 aromatic carbocycles. The van der Waals surface area contributed by atoms with Crippen molar-refractivity contribution in [2.75, 3.05) is 37.7 Å². The number of nitrogens with zero attached hydrogens (tertiary/aromatic N) is 4. The minimum atomic E-state index is -0.440. The van der Waals surface area contributed by atoms with Gasteiger partial charge >= 0.3 is 0 Å². The predicted octanol–water partition coefficient (Wildman–Crippen LogP) is 8.43. The molecule has 0 radical (unpaired) electrons. The maximum Gasteiger partial charge on any atom is 0.229 e. The van der Waals surface area contributed by atoms with Gasteiger partial charge in [0.15, 0.2) is 17.3 Å². The van der Waals surface area contributed by atoms with Crippen molar-refractivity contribution in [3.05, 3.63) is 82.2 Å². The van der Waals surface area contributed by atoms with Gasteiger partial charge in [-0.05, 0) is 119 Å². The molecular formula is C58H65N5O7. The second-order valence-electron chi connectivity index (χ2n) is 21.7. The Labute approximate surface area is 412 Å². The highest BCUT2D eigenvalue weighted by Crippen LogP contribution is 2.65. The Bertz CT molecular complexity index is 2720. The Morgan fingerprint density at radius 2 is 1.54 bits per heavy atom. The van der Waals surface area contributed by atoms with Crippen LogP contribution in [0.4, 0.5) is 5.69 Å². The number of Topliss-reactive ketones (excluding diaryl/α,β-unsaturated/α-hetero) is 3. The molecule has 9 rings (SSSR count). The number of nitriles is 1. The Kier molecular flexibility index (Phi) is 13.8. The SMILES string of the molecule is C#CC1CCc2nc(C#CC3CCC(N4CCN(c5ccc6c(c5)C(=O)CC(CCC5CCC(=O)NC5=O)C6=O)CC4)CC3)ccc2C(=O)C1C1C(C)(C)C(Oc2ccc(C#N)c(OCC)c2)C1(C)C. The van der Waals surface area contributed by atoms with E-state index in [9.17, 15) is 29.2 Å². The van der Waals surface area contributed by atoms with Crippen LogP contribution in [0.5, 0.6) is 11.5 Å². The lowest BCUT2D eigenvalue weighted by atomic mass is 9.41. The van der Waals surface area contributed by atoms with Crippen molar-refractivity contribution >= 4 is 34.9 Å². The quantitative estimate of drug-likeness (QED) is 0.118. The van der Waals surface area contributed by atoms with Crippen molar-refractivity contribution < 1.29 is 33.4 Å². The molecule has 0 bridgehead atoms. The fraction of sp³-hybridized carbons (Fsp3) is 0.534. The van der Waals surface area contributed by atoms with Crippen molar-refractivity contribution in [2.45, 2.75) is 117 Å². The van der Waals surface area contributed by atoms with E-state index in [-0.39, 0.29) is 76.2 Å². The second kappa shape index (κ2) is 19.8. The summed E-state index contributed by atoms with van der Waals surface area (Å²) in [4.78, 5) is 75.2. The first-order valence-corrected chi connectivity index (χ1v) is 25.5. The highest BCUT2D eigenvalue weighted by Gasteiger charge is 2.67. The predicted molar refractivity (Wildman–Crippen MR) is 265 cm³/mol. The summed E-state index contributed by atoms with van der Waals surface area (Å²) >= 11 is 0. The van der Waals surface area contributed by atoms with Gasteiger partial charge in [-0.2, -0.15) is 5.26 Å². The molecule has 0 spiro atoms. The van der Waals surface area contributed by atoms with Gasteiger partial charge in [0.2, 0.25) is 11.8 Å². The second-order valence-corrected chi connectivity index (χ2v) is 21.7. The lowest BCUT2D eigenvalue weighted by Crippen LogP contribution is -2.69. The molecule has 1 N–H and O–H groups in total. The summed E-state index contributed by atoms with van der Waals surface area (Å²) < 4.78 is 12.4. The molecule has 364 valence electrons. The first-order valence-electron chi connectivity index (χ1n) is 25.5. The third-order valence-electron chi connectivity index (χ3n) is 16.7. The van der Waals surface area contributed by atoms with Gasteiger partial charge in [-0.15, -0.1) is 12.3 Å². The summed E-state index contributed by atoms with van der Waals surface area (Å²) in [6.45, 7) is 14.5. The summed E-state index contributed by atoms with van der Waals surface area (Å²) in [5.74, 6) is 9.36. The average molecular weight is 944 g/mol. The number of piperidine rings is 1. The average Bonchev–Trinajstić information content (AvgIpc) is 3.48. The number of amides is 2. The third kappa shape index (κ3) is 9.38. The van der Waals surface area contributed by atoms with Gasteiger partial charge in [0.25, 0.3) is 0 Å². The highest BCUT2D eigenvalue weighted by atomic mass is 16.5. The third-order valence-corrected chi connectivity index (χ3v) is 16.7. The Morgan fingerprint density at radius 1 is 0.814 bits per heavy atom. The molecule has 2 amide bonds. The van der Waals surface area contributed by atoms with Crippen LogP contribution in [0.15, 0.2) is 48.5 Å². The number of imide groups is 1. The molecule has 12 heteroatoms. The number of benzene rings is 2. The Hall–Kier alpha value is -6.29. The van der Waals surface area contributed by atoms with Crippen molar-refractivity contribution in [1.82, 2.24) is 15.2 Å². The van der Waals surface area contributed by atoms with E-state index in [1.807, 2.05) is 43.3 Å². The van der Waals surface area contributed by atoms with Gasteiger partial charge in [-0.3, -0.25) is 34.2 Å². The lowest BCUT2D eigenvalue weighted by Gasteiger charge is -2.65. The van der Waals surface area contributed by atoms with Gasteiger partial charge in [-0.1, -0.05) is 33.6 Å². The van der Waals surface area contributed by atoms with E-state index in [4.69, 9.17) is 20.9 Å². The molecule has 4 unspecified atom stereocenters. The van der Waals surface area contributed by atoms with Crippen LogP contribution in [0.2, 0.25) is 0 Å². The van der Waals surface area contributed by atoms with Crippen LogP contribution in [0.3, 0.4) is 0 Å². The van der Waals surface area contributed by atoms with Gasteiger partial charge in [-0.25, -0.2) is 4.98 Å². The molecule has 3 heterocycles. The van der Waals surface area contributed by atoms with E-state index in [0.29, 0.717) is 90.6 Å². The summed E-state index contributed by atoms with van der Waals surface area (Å²) in [6, 6.07) is 17.5. The topological polar surface area (TPSA) is 159 Å². The maximum atomic E-state index is 14.7.